The molecule has 0 saturated carbocycles. The predicted molar refractivity (Wildman–Crippen MR) is 78.6 cm³/mol. The van der Waals surface area contributed by atoms with Crippen LogP contribution in [0.1, 0.15) is 12.5 Å². The molecule has 0 aliphatic carbocycles. The molecule has 3 rings (SSSR count). The lowest BCUT2D eigenvalue weighted by atomic mass is 10.2. The molecule has 0 fully saturated rings. The Hall–Kier alpha value is -2.13. The van der Waals surface area contributed by atoms with Crippen LogP contribution in [0.4, 0.5) is 0 Å². The van der Waals surface area contributed by atoms with Crippen molar-refractivity contribution in [3.63, 3.8) is 0 Å². The molecule has 0 N–H and O–H groups in total. The van der Waals surface area contributed by atoms with Crippen LogP contribution in [-0.4, -0.2) is 14.8 Å². The molecule has 0 saturated heterocycles. The Labute approximate surface area is 116 Å². The third-order valence-electron chi connectivity index (χ3n) is 2.89. The predicted octanol–water partition coefficient (Wildman–Crippen LogP) is 4.11. The van der Waals surface area contributed by atoms with E-state index in [0.29, 0.717) is 5.02 Å². The third-order valence-corrected chi connectivity index (χ3v) is 3.13. The standard InChI is InChI=1S/C15H12ClN3/c1-2-3-11-9-18-19(10-11)15-6-7-17-14-8-12(16)4-5-13(14)15/h2-10H,1H3. The summed E-state index contributed by atoms with van der Waals surface area (Å²) in [6.07, 6.45) is 9.60. The molecular formula is C15H12ClN3. The summed E-state index contributed by atoms with van der Waals surface area (Å²) in [5, 5.41) is 6.10. The minimum absolute atomic E-state index is 0.687. The largest absolute Gasteiger partial charge is 0.256 e. The number of benzene rings is 1. The van der Waals surface area contributed by atoms with Gasteiger partial charge in [-0.1, -0.05) is 23.8 Å². The van der Waals surface area contributed by atoms with E-state index in [1.807, 2.05) is 60.4 Å². The summed E-state index contributed by atoms with van der Waals surface area (Å²) in [5.41, 5.74) is 2.94. The second-order valence-electron chi connectivity index (χ2n) is 4.21. The minimum Gasteiger partial charge on any atom is -0.256 e. The Kier molecular flexibility index (Phi) is 3.05. The molecule has 0 bridgehead atoms. The van der Waals surface area contributed by atoms with E-state index < -0.39 is 0 Å². The van der Waals surface area contributed by atoms with Gasteiger partial charge in [-0.2, -0.15) is 5.10 Å². The van der Waals surface area contributed by atoms with Gasteiger partial charge in [0, 0.05) is 28.4 Å². The molecule has 4 heteroatoms. The maximum absolute atomic E-state index is 5.99. The highest BCUT2D eigenvalue weighted by atomic mass is 35.5. The van der Waals surface area contributed by atoms with Gasteiger partial charge in [-0.25, -0.2) is 4.68 Å². The third kappa shape index (κ3) is 2.25. The molecule has 0 spiro atoms. The second kappa shape index (κ2) is 4.86. The number of hydrogen-bond acceptors (Lipinski definition) is 2. The first-order valence-corrected chi connectivity index (χ1v) is 6.38. The van der Waals surface area contributed by atoms with Gasteiger partial charge in [-0.3, -0.25) is 4.98 Å². The first-order valence-electron chi connectivity index (χ1n) is 6.00. The number of allylic oxidation sites excluding steroid dienone is 1. The molecule has 2 heterocycles. The molecule has 0 aliphatic heterocycles. The fourth-order valence-electron chi connectivity index (χ4n) is 2.05. The number of pyridine rings is 1. The molecule has 2 aromatic heterocycles. The van der Waals surface area contributed by atoms with Crippen molar-refractivity contribution in [1.82, 2.24) is 14.8 Å². The van der Waals surface area contributed by atoms with Crippen LogP contribution in [0, 0.1) is 0 Å². The summed E-state index contributed by atoms with van der Waals surface area (Å²) in [5.74, 6) is 0. The van der Waals surface area contributed by atoms with Gasteiger partial charge in [0.15, 0.2) is 0 Å². The lowest BCUT2D eigenvalue weighted by molar-refractivity contribution is 0.886. The van der Waals surface area contributed by atoms with Gasteiger partial charge in [0.1, 0.15) is 0 Å². The Morgan fingerprint density at radius 2 is 2.16 bits per heavy atom. The maximum atomic E-state index is 5.99. The summed E-state index contributed by atoms with van der Waals surface area (Å²) in [4.78, 5) is 4.33. The number of halogens is 1. The van der Waals surface area contributed by atoms with Gasteiger partial charge in [0.25, 0.3) is 0 Å². The van der Waals surface area contributed by atoms with E-state index in [9.17, 15) is 0 Å². The lowest BCUT2D eigenvalue weighted by Crippen LogP contribution is -1.96. The molecule has 0 unspecified atom stereocenters. The Morgan fingerprint density at radius 3 is 3.00 bits per heavy atom. The Morgan fingerprint density at radius 1 is 1.26 bits per heavy atom. The second-order valence-corrected chi connectivity index (χ2v) is 4.65. The number of rotatable bonds is 2. The summed E-state index contributed by atoms with van der Waals surface area (Å²) >= 11 is 5.99. The zero-order valence-electron chi connectivity index (χ0n) is 10.4. The van der Waals surface area contributed by atoms with Crippen LogP contribution < -0.4 is 0 Å². The van der Waals surface area contributed by atoms with Crippen molar-refractivity contribution in [2.75, 3.05) is 0 Å². The van der Waals surface area contributed by atoms with E-state index in [4.69, 9.17) is 11.6 Å². The zero-order valence-corrected chi connectivity index (χ0v) is 11.2. The monoisotopic (exact) mass is 269 g/mol. The quantitative estimate of drug-likeness (QED) is 0.701. The molecule has 94 valence electrons. The fraction of sp³-hybridized carbons (Fsp3) is 0.0667. The molecule has 3 aromatic rings. The highest BCUT2D eigenvalue weighted by molar-refractivity contribution is 6.31. The van der Waals surface area contributed by atoms with E-state index in [2.05, 4.69) is 10.1 Å². The number of aromatic nitrogens is 3. The summed E-state index contributed by atoms with van der Waals surface area (Å²) < 4.78 is 1.85. The smallest absolute Gasteiger partial charge is 0.0755 e. The summed E-state index contributed by atoms with van der Waals surface area (Å²) in [6.45, 7) is 1.99. The van der Waals surface area contributed by atoms with E-state index in [1.54, 1.807) is 6.20 Å². The molecule has 1 aromatic carbocycles. The van der Waals surface area contributed by atoms with E-state index in [0.717, 1.165) is 22.2 Å². The number of nitrogens with zero attached hydrogens (tertiary/aromatic N) is 3. The van der Waals surface area contributed by atoms with Crippen molar-refractivity contribution in [2.24, 2.45) is 0 Å². The van der Waals surface area contributed by atoms with Gasteiger partial charge in [0.2, 0.25) is 0 Å². The van der Waals surface area contributed by atoms with Crippen molar-refractivity contribution >= 4 is 28.6 Å². The van der Waals surface area contributed by atoms with Crippen LogP contribution >= 0.6 is 11.6 Å². The molecule has 19 heavy (non-hydrogen) atoms. The van der Waals surface area contributed by atoms with Crippen LogP contribution in [0.3, 0.4) is 0 Å². The van der Waals surface area contributed by atoms with Crippen LogP contribution in [0.15, 0.2) is 48.9 Å². The highest BCUT2D eigenvalue weighted by Crippen LogP contribution is 2.23. The van der Waals surface area contributed by atoms with Crippen LogP contribution in [0.2, 0.25) is 5.02 Å². The average molecular weight is 270 g/mol. The van der Waals surface area contributed by atoms with Gasteiger partial charge >= 0.3 is 0 Å². The van der Waals surface area contributed by atoms with E-state index >= 15 is 0 Å². The molecule has 3 nitrogen and oxygen atoms in total. The van der Waals surface area contributed by atoms with Crippen LogP contribution in [0.25, 0.3) is 22.7 Å². The molecule has 0 atom stereocenters. The first-order chi connectivity index (χ1) is 9.28. The van der Waals surface area contributed by atoms with Gasteiger partial charge in [-0.05, 0) is 31.2 Å². The summed E-state index contributed by atoms with van der Waals surface area (Å²) in [6, 6.07) is 7.64. The maximum Gasteiger partial charge on any atom is 0.0755 e. The first kappa shape index (κ1) is 11.9. The number of fused-ring (bicyclic) bond motifs is 1. The topological polar surface area (TPSA) is 30.7 Å². The van der Waals surface area contributed by atoms with Crippen molar-refractivity contribution in [1.29, 1.82) is 0 Å². The van der Waals surface area contributed by atoms with E-state index in [1.165, 1.54) is 0 Å². The highest BCUT2D eigenvalue weighted by Gasteiger charge is 2.05. The average Bonchev–Trinajstić information content (AvgIpc) is 2.86. The Bertz CT molecular complexity index is 759. The van der Waals surface area contributed by atoms with Gasteiger partial charge in [-0.15, -0.1) is 0 Å². The molecular weight excluding hydrogens is 258 g/mol. The molecule has 0 aliphatic rings. The molecule has 0 amide bonds. The lowest BCUT2D eigenvalue weighted by Gasteiger charge is -2.05. The number of hydrogen-bond donors (Lipinski definition) is 0. The van der Waals surface area contributed by atoms with Crippen molar-refractivity contribution in [3.8, 4) is 5.69 Å². The minimum atomic E-state index is 0.687. The van der Waals surface area contributed by atoms with Crippen molar-refractivity contribution in [3.05, 3.63) is 59.5 Å². The zero-order chi connectivity index (χ0) is 13.2. The van der Waals surface area contributed by atoms with Crippen molar-refractivity contribution in [2.45, 2.75) is 6.92 Å². The van der Waals surface area contributed by atoms with E-state index in [-0.39, 0.29) is 0 Å². The van der Waals surface area contributed by atoms with Crippen LogP contribution in [0.5, 0.6) is 0 Å². The Balaban J connectivity index is 2.18. The van der Waals surface area contributed by atoms with Gasteiger partial charge < -0.3 is 0 Å². The van der Waals surface area contributed by atoms with Crippen molar-refractivity contribution < 1.29 is 0 Å². The van der Waals surface area contributed by atoms with Crippen LogP contribution in [-0.2, 0) is 0 Å². The normalized spacial score (nSPS) is 11.5. The molecule has 0 radical (unpaired) electrons. The van der Waals surface area contributed by atoms with Gasteiger partial charge in [0.05, 0.1) is 17.4 Å². The SMILES string of the molecule is CC=Cc1cnn(-c2ccnc3cc(Cl)ccc23)c1. The summed E-state index contributed by atoms with van der Waals surface area (Å²) in [7, 11) is 0. The fourth-order valence-corrected chi connectivity index (χ4v) is 2.22.